The minimum atomic E-state index is -1.20. The first-order chi connectivity index (χ1) is 9.60. The average molecular weight is 278 g/mol. The Morgan fingerprint density at radius 1 is 1.25 bits per heavy atom. The molecule has 1 saturated heterocycles. The molecule has 5 heteroatoms. The predicted octanol–water partition coefficient (Wildman–Crippen LogP) is 0.640. The maximum absolute atomic E-state index is 11.3. The third-order valence-corrected chi connectivity index (χ3v) is 3.72. The van der Waals surface area contributed by atoms with E-state index in [0.717, 1.165) is 32.7 Å². The lowest BCUT2D eigenvalue weighted by atomic mass is 10.1. The van der Waals surface area contributed by atoms with Crippen LogP contribution in [0, 0.1) is 0 Å². The highest BCUT2D eigenvalue weighted by Gasteiger charge is 2.18. The van der Waals surface area contributed by atoms with Crippen LogP contribution >= 0.6 is 0 Å². The van der Waals surface area contributed by atoms with E-state index in [1.165, 1.54) is 12.7 Å². The van der Waals surface area contributed by atoms with Gasteiger partial charge in [-0.05, 0) is 18.2 Å². The summed E-state index contributed by atoms with van der Waals surface area (Å²) in [5.41, 5.74) is 1.76. The Morgan fingerprint density at radius 2 is 1.85 bits per heavy atom. The van der Waals surface area contributed by atoms with Gasteiger partial charge in [-0.1, -0.05) is 24.3 Å². The number of hydrogen-bond acceptors (Lipinski definition) is 5. The molecule has 0 aliphatic carbocycles. The summed E-state index contributed by atoms with van der Waals surface area (Å²) in [6.07, 6.45) is -1.20. The van der Waals surface area contributed by atoms with Crippen molar-refractivity contribution < 1.29 is 14.6 Å². The zero-order chi connectivity index (χ0) is 14.5. The fourth-order valence-corrected chi connectivity index (χ4v) is 2.32. The monoisotopic (exact) mass is 278 g/mol. The first kappa shape index (κ1) is 15.0. The van der Waals surface area contributed by atoms with Crippen molar-refractivity contribution in [1.29, 1.82) is 0 Å². The first-order valence-electron chi connectivity index (χ1n) is 6.86. The lowest BCUT2D eigenvalue weighted by Gasteiger charge is -2.32. The third kappa shape index (κ3) is 3.79. The number of piperazine rings is 1. The number of carbonyl (C=O) groups excluding carboxylic acids is 1. The number of likely N-dealkylation sites (N-methyl/N-ethyl adjacent to an activating group) is 1. The Kier molecular flexibility index (Phi) is 5.11. The van der Waals surface area contributed by atoms with Crippen LogP contribution in [0.3, 0.4) is 0 Å². The fraction of sp³-hybridized carbons (Fsp3) is 0.533. The molecule has 1 aromatic rings. The predicted molar refractivity (Wildman–Crippen MR) is 76.2 cm³/mol. The van der Waals surface area contributed by atoms with E-state index in [-0.39, 0.29) is 0 Å². The van der Waals surface area contributed by atoms with Crippen molar-refractivity contribution >= 4 is 5.97 Å². The number of hydrogen-bond donors (Lipinski definition) is 1. The van der Waals surface area contributed by atoms with Crippen LogP contribution in [0.4, 0.5) is 0 Å². The number of aliphatic hydroxyl groups is 1. The third-order valence-electron chi connectivity index (χ3n) is 3.72. The summed E-state index contributed by atoms with van der Waals surface area (Å²) in [6, 6.07) is 7.49. The van der Waals surface area contributed by atoms with Gasteiger partial charge in [0, 0.05) is 32.7 Å². The van der Waals surface area contributed by atoms with Crippen LogP contribution < -0.4 is 0 Å². The van der Waals surface area contributed by atoms with Crippen molar-refractivity contribution in [3.8, 4) is 0 Å². The van der Waals surface area contributed by atoms with Crippen LogP contribution in [-0.4, -0.2) is 61.2 Å². The van der Waals surface area contributed by atoms with E-state index >= 15 is 0 Å². The van der Waals surface area contributed by atoms with Gasteiger partial charge in [0.25, 0.3) is 0 Å². The van der Waals surface area contributed by atoms with E-state index in [0.29, 0.717) is 5.56 Å². The van der Waals surface area contributed by atoms with E-state index in [4.69, 9.17) is 0 Å². The molecule has 1 aliphatic rings. The van der Waals surface area contributed by atoms with Crippen molar-refractivity contribution in [2.75, 3.05) is 40.3 Å². The molecule has 1 N–H and O–H groups in total. The lowest BCUT2D eigenvalue weighted by Crippen LogP contribution is -2.43. The van der Waals surface area contributed by atoms with Crippen LogP contribution in [0.1, 0.15) is 17.2 Å². The number of benzene rings is 1. The van der Waals surface area contributed by atoms with Gasteiger partial charge in [0.15, 0.2) is 6.10 Å². The maximum atomic E-state index is 11.3. The second kappa shape index (κ2) is 6.83. The van der Waals surface area contributed by atoms with E-state index in [1.807, 2.05) is 12.1 Å². The molecule has 2 rings (SSSR count). The van der Waals surface area contributed by atoms with E-state index in [1.54, 1.807) is 12.1 Å². The van der Waals surface area contributed by atoms with Crippen LogP contribution in [0.2, 0.25) is 0 Å². The maximum Gasteiger partial charge on any atom is 0.339 e. The molecule has 5 nitrogen and oxygen atoms in total. The molecule has 1 atom stereocenters. The van der Waals surface area contributed by atoms with Gasteiger partial charge < -0.3 is 14.7 Å². The molecular formula is C15H22N2O3. The molecule has 0 spiro atoms. The van der Waals surface area contributed by atoms with E-state index in [2.05, 4.69) is 21.6 Å². The van der Waals surface area contributed by atoms with Gasteiger partial charge in [0.2, 0.25) is 0 Å². The van der Waals surface area contributed by atoms with Gasteiger partial charge in [0.05, 0.1) is 7.11 Å². The van der Waals surface area contributed by atoms with Crippen molar-refractivity contribution in [3.05, 3.63) is 35.4 Å². The Bertz CT molecular complexity index is 439. The molecule has 0 amide bonds. The highest BCUT2D eigenvalue weighted by Crippen LogP contribution is 2.16. The van der Waals surface area contributed by atoms with Gasteiger partial charge in [-0.25, -0.2) is 4.79 Å². The minimum Gasteiger partial charge on any atom is -0.467 e. The number of ether oxygens (including phenoxy) is 1. The summed E-state index contributed by atoms with van der Waals surface area (Å²) in [5, 5.41) is 9.74. The van der Waals surface area contributed by atoms with Gasteiger partial charge in [-0.3, -0.25) is 4.90 Å². The molecule has 1 heterocycles. The Morgan fingerprint density at radius 3 is 2.40 bits per heavy atom. The lowest BCUT2D eigenvalue weighted by molar-refractivity contribution is -0.150. The zero-order valence-electron chi connectivity index (χ0n) is 12.1. The summed E-state index contributed by atoms with van der Waals surface area (Å²) in [6.45, 7) is 5.24. The molecule has 1 fully saturated rings. The van der Waals surface area contributed by atoms with Crippen molar-refractivity contribution in [2.24, 2.45) is 0 Å². The van der Waals surface area contributed by atoms with Gasteiger partial charge >= 0.3 is 5.97 Å². The summed E-state index contributed by atoms with van der Waals surface area (Å²) >= 11 is 0. The smallest absolute Gasteiger partial charge is 0.339 e. The van der Waals surface area contributed by atoms with Crippen molar-refractivity contribution in [1.82, 2.24) is 9.80 Å². The Labute approximate surface area is 119 Å². The standard InChI is InChI=1S/C15H22N2O3/c1-16-7-9-17(10-8-16)11-12-3-5-13(6-4-12)14(18)15(19)20-2/h3-6,14,18H,7-11H2,1-2H3. The van der Waals surface area contributed by atoms with Gasteiger partial charge in [-0.2, -0.15) is 0 Å². The molecule has 0 saturated carbocycles. The fourth-order valence-electron chi connectivity index (χ4n) is 2.32. The van der Waals surface area contributed by atoms with Crippen molar-refractivity contribution in [2.45, 2.75) is 12.6 Å². The Balaban J connectivity index is 1.93. The second-order valence-corrected chi connectivity index (χ2v) is 5.25. The summed E-state index contributed by atoms with van der Waals surface area (Å²) in [5.74, 6) is -0.628. The minimum absolute atomic E-state index is 0.568. The Hall–Kier alpha value is -1.43. The highest BCUT2D eigenvalue weighted by atomic mass is 16.5. The molecule has 20 heavy (non-hydrogen) atoms. The quantitative estimate of drug-likeness (QED) is 0.819. The topological polar surface area (TPSA) is 53.0 Å². The van der Waals surface area contributed by atoms with Crippen LogP contribution in [0.5, 0.6) is 0 Å². The van der Waals surface area contributed by atoms with E-state index in [9.17, 15) is 9.90 Å². The molecule has 0 bridgehead atoms. The summed E-state index contributed by atoms with van der Waals surface area (Å²) in [7, 11) is 3.41. The number of methoxy groups -OCH3 is 1. The molecular weight excluding hydrogens is 256 g/mol. The molecule has 1 unspecified atom stereocenters. The van der Waals surface area contributed by atoms with Gasteiger partial charge in [-0.15, -0.1) is 0 Å². The summed E-state index contributed by atoms with van der Waals surface area (Å²) < 4.78 is 4.53. The molecule has 110 valence electrons. The average Bonchev–Trinajstić information content (AvgIpc) is 2.49. The number of carbonyl (C=O) groups is 1. The number of nitrogens with zero attached hydrogens (tertiary/aromatic N) is 2. The van der Waals surface area contributed by atoms with Gasteiger partial charge in [0.1, 0.15) is 0 Å². The normalized spacial score (nSPS) is 18.8. The van der Waals surface area contributed by atoms with Crippen molar-refractivity contribution in [3.63, 3.8) is 0 Å². The molecule has 1 aliphatic heterocycles. The highest BCUT2D eigenvalue weighted by molar-refractivity contribution is 5.76. The SMILES string of the molecule is COC(=O)C(O)c1ccc(CN2CCN(C)CC2)cc1. The van der Waals surface area contributed by atoms with Crippen LogP contribution in [-0.2, 0) is 16.1 Å². The van der Waals surface area contributed by atoms with Crippen LogP contribution in [0.25, 0.3) is 0 Å². The number of aliphatic hydroxyl groups excluding tert-OH is 1. The summed E-state index contributed by atoms with van der Waals surface area (Å²) in [4.78, 5) is 16.0. The molecule has 0 aromatic heterocycles. The number of rotatable bonds is 4. The number of esters is 1. The largest absolute Gasteiger partial charge is 0.467 e. The van der Waals surface area contributed by atoms with E-state index < -0.39 is 12.1 Å². The van der Waals surface area contributed by atoms with Crippen LogP contribution in [0.15, 0.2) is 24.3 Å². The second-order valence-electron chi connectivity index (χ2n) is 5.25. The first-order valence-corrected chi connectivity index (χ1v) is 6.86. The molecule has 1 aromatic carbocycles. The zero-order valence-corrected chi connectivity index (χ0v) is 12.1. The molecule has 0 radical (unpaired) electrons.